The molecule has 0 fully saturated rings. The van der Waals surface area contributed by atoms with Crippen molar-refractivity contribution < 1.29 is 0 Å². The van der Waals surface area contributed by atoms with Crippen LogP contribution in [0.3, 0.4) is 0 Å². The number of aromatic nitrogens is 3. The molecule has 1 aromatic carbocycles. The smallest absolute Gasteiger partial charge is 0.138 e. The van der Waals surface area contributed by atoms with E-state index in [4.69, 9.17) is 0 Å². The van der Waals surface area contributed by atoms with Crippen LogP contribution in [0.5, 0.6) is 0 Å². The van der Waals surface area contributed by atoms with Crippen LogP contribution in [0.4, 0.5) is 0 Å². The van der Waals surface area contributed by atoms with Crippen molar-refractivity contribution in [2.24, 2.45) is 0 Å². The monoisotopic (exact) mass is 272 g/mol. The van der Waals surface area contributed by atoms with E-state index >= 15 is 0 Å². The molecule has 0 saturated carbocycles. The average Bonchev–Trinajstić information content (AvgIpc) is 2.92. The number of nitrogens with one attached hydrogen (secondary N) is 1. The Balaban J connectivity index is 1.90. The minimum Gasteiger partial charge on any atom is -0.317 e. The van der Waals surface area contributed by atoms with Crippen LogP contribution in [0.1, 0.15) is 31.2 Å². The molecule has 0 aliphatic carbocycles. The predicted octanol–water partition coefficient (Wildman–Crippen LogP) is 2.45. The van der Waals surface area contributed by atoms with Gasteiger partial charge >= 0.3 is 0 Å². The van der Waals surface area contributed by atoms with Gasteiger partial charge in [0.2, 0.25) is 0 Å². The highest BCUT2D eigenvalue weighted by Crippen LogP contribution is 2.09. The summed E-state index contributed by atoms with van der Waals surface area (Å²) in [6.45, 7) is 3.11. The molecule has 0 aliphatic heterocycles. The lowest BCUT2D eigenvalue weighted by Crippen LogP contribution is -2.29. The van der Waals surface area contributed by atoms with E-state index in [1.54, 1.807) is 6.33 Å². The van der Waals surface area contributed by atoms with Crippen molar-refractivity contribution in [1.29, 1.82) is 0 Å². The van der Waals surface area contributed by atoms with Gasteiger partial charge in [-0.25, -0.2) is 4.98 Å². The molecular formula is C16H24N4. The molecule has 1 unspecified atom stereocenters. The summed E-state index contributed by atoms with van der Waals surface area (Å²) >= 11 is 0. The molecule has 2 rings (SSSR count). The Bertz CT molecular complexity index is 492. The number of hydrogen-bond acceptors (Lipinski definition) is 3. The summed E-state index contributed by atoms with van der Waals surface area (Å²) in [4.78, 5) is 4.39. The van der Waals surface area contributed by atoms with Gasteiger partial charge in [0.15, 0.2) is 0 Å². The second-order valence-electron chi connectivity index (χ2n) is 5.11. The van der Waals surface area contributed by atoms with E-state index in [0.29, 0.717) is 6.04 Å². The summed E-state index contributed by atoms with van der Waals surface area (Å²) in [6.07, 6.45) is 5.89. The molecule has 1 heterocycles. The molecule has 108 valence electrons. The standard InChI is InChI=1S/C16H24N4/c1-3-11-20-16(18-13-19-20)12-15(17-2)10-9-14-7-5-4-6-8-14/h4-8,13,15,17H,3,9-12H2,1-2H3. The molecule has 1 N–H and O–H groups in total. The number of likely N-dealkylation sites (N-methyl/N-ethyl adjacent to an activating group) is 1. The van der Waals surface area contributed by atoms with Crippen LogP contribution in [0.15, 0.2) is 36.7 Å². The third-order valence-electron chi connectivity index (χ3n) is 3.59. The van der Waals surface area contributed by atoms with Crippen molar-refractivity contribution in [2.75, 3.05) is 7.05 Å². The largest absolute Gasteiger partial charge is 0.317 e. The zero-order valence-corrected chi connectivity index (χ0v) is 12.4. The predicted molar refractivity (Wildman–Crippen MR) is 81.6 cm³/mol. The number of benzene rings is 1. The number of nitrogens with zero attached hydrogens (tertiary/aromatic N) is 3. The topological polar surface area (TPSA) is 42.7 Å². The molecule has 1 atom stereocenters. The normalized spacial score (nSPS) is 12.5. The Kier molecular flexibility index (Phi) is 5.74. The van der Waals surface area contributed by atoms with Crippen LogP contribution < -0.4 is 5.32 Å². The highest BCUT2D eigenvalue weighted by molar-refractivity contribution is 5.14. The maximum atomic E-state index is 4.39. The first-order valence-electron chi connectivity index (χ1n) is 7.41. The van der Waals surface area contributed by atoms with E-state index in [2.05, 4.69) is 52.7 Å². The zero-order chi connectivity index (χ0) is 14.2. The molecule has 0 bridgehead atoms. The van der Waals surface area contributed by atoms with Crippen LogP contribution in [0.25, 0.3) is 0 Å². The maximum absolute atomic E-state index is 4.39. The summed E-state index contributed by atoms with van der Waals surface area (Å²) in [5.41, 5.74) is 1.39. The highest BCUT2D eigenvalue weighted by atomic mass is 15.3. The fraction of sp³-hybridized carbons (Fsp3) is 0.500. The summed E-state index contributed by atoms with van der Waals surface area (Å²) in [5, 5.41) is 7.69. The van der Waals surface area contributed by atoms with Gasteiger partial charge < -0.3 is 5.32 Å². The van der Waals surface area contributed by atoms with Gasteiger partial charge in [-0.3, -0.25) is 4.68 Å². The molecule has 4 nitrogen and oxygen atoms in total. The fourth-order valence-electron chi connectivity index (χ4n) is 2.40. The Morgan fingerprint density at radius 3 is 2.75 bits per heavy atom. The lowest BCUT2D eigenvalue weighted by Gasteiger charge is -2.16. The van der Waals surface area contributed by atoms with Crippen molar-refractivity contribution >= 4 is 0 Å². The molecule has 1 aromatic heterocycles. The molecule has 2 aromatic rings. The third-order valence-corrected chi connectivity index (χ3v) is 3.59. The van der Waals surface area contributed by atoms with Crippen molar-refractivity contribution in [3.8, 4) is 0 Å². The molecular weight excluding hydrogens is 248 g/mol. The van der Waals surface area contributed by atoms with Crippen molar-refractivity contribution in [3.05, 3.63) is 48.0 Å². The fourth-order valence-corrected chi connectivity index (χ4v) is 2.40. The van der Waals surface area contributed by atoms with Crippen LogP contribution in [-0.4, -0.2) is 27.9 Å². The molecule has 0 spiro atoms. The molecule has 0 amide bonds. The van der Waals surface area contributed by atoms with Crippen LogP contribution >= 0.6 is 0 Å². The van der Waals surface area contributed by atoms with E-state index in [1.807, 2.05) is 11.7 Å². The van der Waals surface area contributed by atoms with Gasteiger partial charge in [-0.05, 0) is 31.9 Å². The first kappa shape index (κ1) is 14.7. The summed E-state index contributed by atoms with van der Waals surface area (Å²) < 4.78 is 2.02. The lowest BCUT2D eigenvalue weighted by molar-refractivity contribution is 0.480. The first-order valence-corrected chi connectivity index (χ1v) is 7.41. The number of aryl methyl sites for hydroxylation is 2. The van der Waals surface area contributed by atoms with Crippen LogP contribution in [0.2, 0.25) is 0 Å². The Labute approximate surface area is 121 Å². The van der Waals surface area contributed by atoms with Crippen LogP contribution in [-0.2, 0) is 19.4 Å². The zero-order valence-electron chi connectivity index (χ0n) is 12.4. The molecule has 4 heteroatoms. The van der Waals surface area contributed by atoms with Gasteiger partial charge in [0.05, 0.1) is 0 Å². The van der Waals surface area contributed by atoms with Crippen LogP contribution in [0, 0.1) is 0 Å². The Hall–Kier alpha value is -1.68. The van der Waals surface area contributed by atoms with E-state index in [-0.39, 0.29) is 0 Å². The van der Waals surface area contributed by atoms with E-state index in [0.717, 1.165) is 38.1 Å². The van der Waals surface area contributed by atoms with E-state index in [1.165, 1.54) is 5.56 Å². The van der Waals surface area contributed by atoms with Gasteiger partial charge in [0.25, 0.3) is 0 Å². The Morgan fingerprint density at radius 2 is 2.05 bits per heavy atom. The van der Waals surface area contributed by atoms with Crippen molar-refractivity contribution in [3.63, 3.8) is 0 Å². The van der Waals surface area contributed by atoms with Gasteiger partial charge in [0, 0.05) is 19.0 Å². The molecule has 0 aliphatic rings. The second kappa shape index (κ2) is 7.80. The quantitative estimate of drug-likeness (QED) is 0.802. The number of hydrogen-bond donors (Lipinski definition) is 1. The van der Waals surface area contributed by atoms with Gasteiger partial charge in [0.1, 0.15) is 12.2 Å². The minimum atomic E-state index is 0.440. The summed E-state index contributed by atoms with van der Waals surface area (Å²) in [5.74, 6) is 1.08. The highest BCUT2D eigenvalue weighted by Gasteiger charge is 2.12. The molecule has 0 radical (unpaired) electrons. The van der Waals surface area contributed by atoms with Crippen molar-refractivity contribution in [1.82, 2.24) is 20.1 Å². The average molecular weight is 272 g/mol. The Morgan fingerprint density at radius 1 is 1.25 bits per heavy atom. The minimum absolute atomic E-state index is 0.440. The summed E-state index contributed by atoms with van der Waals surface area (Å²) in [7, 11) is 2.02. The van der Waals surface area contributed by atoms with Gasteiger partial charge in [-0.15, -0.1) is 0 Å². The molecule has 0 saturated heterocycles. The second-order valence-corrected chi connectivity index (χ2v) is 5.11. The lowest BCUT2D eigenvalue weighted by atomic mass is 10.0. The SMILES string of the molecule is CCCn1ncnc1CC(CCc1ccccc1)NC. The van der Waals surface area contributed by atoms with E-state index < -0.39 is 0 Å². The summed E-state index contributed by atoms with van der Waals surface area (Å²) in [6, 6.07) is 11.1. The molecule has 20 heavy (non-hydrogen) atoms. The van der Waals surface area contributed by atoms with E-state index in [9.17, 15) is 0 Å². The third kappa shape index (κ3) is 4.17. The van der Waals surface area contributed by atoms with Crippen molar-refractivity contribution in [2.45, 2.75) is 45.2 Å². The first-order chi connectivity index (χ1) is 9.83. The van der Waals surface area contributed by atoms with Gasteiger partial charge in [-0.1, -0.05) is 37.3 Å². The maximum Gasteiger partial charge on any atom is 0.138 e. The number of rotatable bonds is 8. The van der Waals surface area contributed by atoms with Gasteiger partial charge in [-0.2, -0.15) is 5.10 Å².